The second-order valence-corrected chi connectivity index (χ2v) is 8.67. The zero-order valence-electron chi connectivity index (χ0n) is 20.1. The Bertz CT molecular complexity index is 1360. The lowest BCUT2D eigenvalue weighted by Crippen LogP contribution is -2.53. The van der Waals surface area contributed by atoms with Gasteiger partial charge in [-0.1, -0.05) is 60.7 Å². The second-order valence-electron chi connectivity index (χ2n) is 8.67. The first-order valence-electron chi connectivity index (χ1n) is 11.6. The summed E-state index contributed by atoms with van der Waals surface area (Å²) in [5.41, 5.74) is 1.58. The van der Waals surface area contributed by atoms with E-state index < -0.39 is 35.7 Å². The molecule has 184 valence electrons. The van der Waals surface area contributed by atoms with Crippen LogP contribution in [-0.2, 0) is 32.0 Å². The number of ether oxygens (including phenoxy) is 1. The van der Waals surface area contributed by atoms with Crippen LogP contribution in [0.1, 0.15) is 18.1 Å². The monoisotopic (exact) mass is 486 g/mol. The van der Waals surface area contributed by atoms with Crippen LogP contribution in [0.15, 0.2) is 78.9 Å². The van der Waals surface area contributed by atoms with Crippen LogP contribution in [0.5, 0.6) is 0 Å². The van der Waals surface area contributed by atoms with Gasteiger partial charge in [-0.2, -0.15) is 0 Å². The first-order valence-corrected chi connectivity index (χ1v) is 11.6. The van der Waals surface area contributed by atoms with Crippen molar-refractivity contribution in [1.82, 2.24) is 10.6 Å². The number of amides is 2. The van der Waals surface area contributed by atoms with E-state index >= 15 is 0 Å². The van der Waals surface area contributed by atoms with Crippen LogP contribution in [0.2, 0.25) is 0 Å². The summed E-state index contributed by atoms with van der Waals surface area (Å²) in [6, 6.07) is 21.6. The largest absolute Gasteiger partial charge is 0.467 e. The third-order valence-electron chi connectivity index (χ3n) is 6.14. The quantitative estimate of drug-likeness (QED) is 0.290. The van der Waals surface area contributed by atoms with E-state index in [0.29, 0.717) is 5.56 Å². The number of methoxy groups -OCH3 is 1. The van der Waals surface area contributed by atoms with E-state index in [9.17, 15) is 18.8 Å². The fourth-order valence-electron chi connectivity index (χ4n) is 4.45. The molecule has 4 rings (SSSR count). The van der Waals surface area contributed by atoms with Crippen LogP contribution in [0.3, 0.4) is 0 Å². The van der Waals surface area contributed by atoms with Gasteiger partial charge in [-0.15, -0.1) is 0 Å². The summed E-state index contributed by atoms with van der Waals surface area (Å²) in [5, 5.41) is 9.41. The third-order valence-corrected chi connectivity index (χ3v) is 6.14. The van der Waals surface area contributed by atoms with Crippen molar-refractivity contribution in [2.75, 3.05) is 7.11 Å². The Kier molecular flexibility index (Phi) is 7.59. The number of halogens is 1. The normalized spacial score (nSPS) is 12.6. The molecule has 0 aromatic heterocycles. The summed E-state index contributed by atoms with van der Waals surface area (Å²) in [4.78, 5) is 37.9. The van der Waals surface area contributed by atoms with Gasteiger partial charge in [0.1, 0.15) is 17.9 Å². The minimum Gasteiger partial charge on any atom is -0.467 e. The number of fused-ring (bicyclic) bond motifs is 2. The van der Waals surface area contributed by atoms with E-state index in [1.165, 1.54) is 26.2 Å². The Labute approximate surface area is 208 Å². The predicted molar refractivity (Wildman–Crippen MR) is 137 cm³/mol. The first-order chi connectivity index (χ1) is 17.4. The first kappa shape index (κ1) is 24.9. The molecule has 0 saturated heterocycles. The van der Waals surface area contributed by atoms with E-state index in [4.69, 9.17) is 4.74 Å². The van der Waals surface area contributed by atoms with Gasteiger partial charge < -0.3 is 15.4 Å². The number of esters is 1. The lowest BCUT2D eigenvalue weighted by Gasteiger charge is -2.23. The summed E-state index contributed by atoms with van der Waals surface area (Å²) >= 11 is 0. The van der Waals surface area contributed by atoms with Gasteiger partial charge in [0.15, 0.2) is 0 Å². The maximum atomic E-state index is 13.3. The van der Waals surface area contributed by atoms with Crippen molar-refractivity contribution >= 4 is 39.3 Å². The highest BCUT2D eigenvalue weighted by molar-refractivity contribution is 6.03. The van der Waals surface area contributed by atoms with E-state index in [0.717, 1.165) is 27.1 Å². The zero-order valence-corrected chi connectivity index (χ0v) is 20.1. The fourth-order valence-corrected chi connectivity index (χ4v) is 4.45. The number of carbonyl (C=O) groups excluding carboxylic acids is 3. The van der Waals surface area contributed by atoms with Crippen molar-refractivity contribution in [3.8, 4) is 0 Å². The summed E-state index contributed by atoms with van der Waals surface area (Å²) < 4.78 is 18.3. The Balaban J connectivity index is 1.66. The molecule has 0 bridgehead atoms. The Morgan fingerprint density at radius 1 is 0.806 bits per heavy atom. The summed E-state index contributed by atoms with van der Waals surface area (Å²) in [5.74, 6) is -1.92. The molecule has 4 aromatic carbocycles. The van der Waals surface area contributed by atoms with Gasteiger partial charge in [0, 0.05) is 19.8 Å². The standard InChI is InChI=1S/C29H27FN2O4/c1-18(33)31-26(15-19-11-13-22(30)14-12-19)28(34)32-27(29(35)36-2)17-25-23-9-5-3-7-20(23)16-21-8-4-6-10-24(21)25/h3-14,16,26-27H,15,17H2,1-2H3,(H,31,33)(H,32,34)/t26-,27+/m1/s1. The van der Waals surface area contributed by atoms with Gasteiger partial charge in [-0.05, 0) is 50.9 Å². The van der Waals surface area contributed by atoms with Gasteiger partial charge in [0.25, 0.3) is 0 Å². The van der Waals surface area contributed by atoms with Gasteiger partial charge >= 0.3 is 5.97 Å². The Hall–Kier alpha value is -4.26. The van der Waals surface area contributed by atoms with Crippen molar-refractivity contribution in [2.24, 2.45) is 0 Å². The Morgan fingerprint density at radius 2 is 1.39 bits per heavy atom. The van der Waals surface area contributed by atoms with Crippen molar-refractivity contribution in [3.05, 3.63) is 95.8 Å². The molecule has 0 unspecified atom stereocenters. The van der Waals surface area contributed by atoms with Crippen LogP contribution in [0.4, 0.5) is 4.39 Å². The smallest absolute Gasteiger partial charge is 0.328 e. The molecular formula is C29H27FN2O4. The van der Waals surface area contributed by atoms with E-state index in [1.807, 2.05) is 48.5 Å². The molecule has 0 saturated carbocycles. The molecule has 2 N–H and O–H groups in total. The third kappa shape index (κ3) is 5.68. The van der Waals surface area contributed by atoms with Crippen LogP contribution >= 0.6 is 0 Å². The van der Waals surface area contributed by atoms with Crippen LogP contribution in [-0.4, -0.2) is 37.0 Å². The molecule has 0 fully saturated rings. The lowest BCUT2D eigenvalue weighted by molar-refractivity contribution is -0.145. The maximum Gasteiger partial charge on any atom is 0.328 e. The fraction of sp³-hybridized carbons (Fsp3) is 0.207. The van der Waals surface area contributed by atoms with Gasteiger partial charge in [-0.3, -0.25) is 9.59 Å². The topological polar surface area (TPSA) is 84.5 Å². The van der Waals surface area contributed by atoms with E-state index in [1.54, 1.807) is 12.1 Å². The molecule has 0 radical (unpaired) electrons. The zero-order chi connectivity index (χ0) is 25.7. The van der Waals surface area contributed by atoms with Crippen LogP contribution in [0.25, 0.3) is 21.5 Å². The number of carbonyl (C=O) groups is 3. The minimum absolute atomic E-state index is 0.136. The van der Waals surface area contributed by atoms with E-state index in [2.05, 4.69) is 16.7 Å². The molecule has 2 atom stereocenters. The average Bonchev–Trinajstić information content (AvgIpc) is 2.88. The molecule has 0 aliphatic rings. The second kappa shape index (κ2) is 11.0. The van der Waals surface area contributed by atoms with Crippen molar-refractivity contribution < 1.29 is 23.5 Å². The molecule has 0 spiro atoms. The number of benzene rings is 4. The van der Waals surface area contributed by atoms with Crippen molar-refractivity contribution in [3.63, 3.8) is 0 Å². The molecule has 0 heterocycles. The molecular weight excluding hydrogens is 459 g/mol. The molecule has 36 heavy (non-hydrogen) atoms. The Morgan fingerprint density at radius 3 is 1.94 bits per heavy atom. The number of hydrogen-bond acceptors (Lipinski definition) is 4. The predicted octanol–water partition coefficient (Wildman–Crippen LogP) is 4.08. The van der Waals surface area contributed by atoms with Crippen LogP contribution < -0.4 is 10.6 Å². The molecule has 7 heteroatoms. The van der Waals surface area contributed by atoms with Gasteiger partial charge in [0.05, 0.1) is 7.11 Å². The highest BCUT2D eigenvalue weighted by Crippen LogP contribution is 2.29. The van der Waals surface area contributed by atoms with Crippen molar-refractivity contribution in [2.45, 2.75) is 31.8 Å². The van der Waals surface area contributed by atoms with Gasteiger partial charge in [0.2, 0.25) is 11.8 Å². The summed E-state index contributed by atoms with van der Waals surface area (Å²) in [6.07, 6.45) is 0.334. The molecule has 0 aliphatic heterocycles. The number of rotatable bonds is 8. The van der Waals surface area contributed by atoms with Crippen molar-refractivity contribution in [1.29, 1.82) is 0 Å². The molecule has 6 nitrogen and oxygen atoms in total. The van der Waals surface area contributed by atoms with Crippen LogP contribution in [0, 0.1) is 5.82 Å². The number of nitrogens with one attached hydrogen (secondary N) is 2. The van der Waals surface area contributed by atoms with E-state index in [-0.39, 0.29) is 12.8 Å². The molecule has 4 aromatic rings. The highest BCUT2D eigenvalue weighted by Gasteiger charge is 2.28. The summed E-state index contributed by atoms with van der Waals surface area (Å²) in [6.45, 7) is 1.31. The minimum atomic E-state index is -0.985. The lowest BCUT2D eigenvalue weighted by atomic mass is 9.92. The highest BCUT2D eigenvalue weighted by atomic mass is 19.1. The number of hydrogen-bond donors (Lipinski definition) is 2. The molecule has 2 amide bonds. The van der Waals surface area contributed by atoms with Gasteiger partial charge in [-0.25, -0.2) is 9.18 Å². The summed E-state index contributed by atoms with van der Waals surface area (Å²) in [7, 11) is 1.27. The molecule has 0 aliphatic carbocycles. The average molecular weight is 487 g/mol. The SMILES string of the molecule is COC(=O)[C@H](Cc1c2ccccc2cc2ccccc12)NC(=O)[C@@H](Cc1ccc(F)cc1)NC(C)=O. The maximum absolute atomic E-state index is 13.3.